The molecular formula is C43H30N2. The van der Waals surface area contributed by atoms with Crippen LogP contribution in [0.25, 0.3) is 32.9 Å². The first-order chi connectivity index (χ1) is 22.3. The van der Waals surface area contributed by atoms with E-state index in [-0.39, 0.29) is 0 Å². The van der Waals surface area contributed by atoms with Gasteiger partial charge in [0.05, 0.1) is 16.6 Å². The second-order valence-corrected chi connectivity index (χ2v) is 11.8. The lowest BCUT2D eigenvalue weighted by molar-refractivity contribution is 0.768. The third kappa shape index (κ3) is 3.76. The molecule has 0 spiro atoms. The van der Waals surface area contributed by atoms with E-state index in [0.717, 1.165) is 28.1 Å². The van der Waals surface area contributed by atoms with Crippen LogP contribution >= 0.6 is 0 Å². The van der Waals surface area contributed by atoms with Crippen LogP contribution in [0.2, 0.25) is 0 Å². The number of rotatable bonds is 5. The van der Waals surface area contributed by atoms with Gasteiger partial charge in [-0.1, -0.05) is 140 Å². The minimum atomic E-state index is -0.458. The van der Waals surface area contributed by atoms with Gasteiger partial charge in [0.2, 0.25) is 0 Å². The number of hydrogen-bond acceptors (Lipinski definition) is 1. The van der Waals surface area contributed by atoms with E-state index in [2.05, 4.69) is 186 Å². The summed E-state index contributed by atoms with van der Waals surface area (Å²) in [4.78, 5) is 6.15. The number of fused-ring (bicyclic) bond motifs is 6. The molecule has 1 aliphatic carbocycles. The lowest BCUT2D eigenvalue weighted by atomic mass is 9.67. The number of anilines is 3. The van der Waals surface area contributed by atoms with E-state index in [1.165, 1.54) is 44.2 Å². The average molecular weight is 575 g/mol. The summed E-state index contributed by atoms with van der Waals surface area (Å²) in [7, 11) is 0. The van der Waals surface area contributed by atoms with Crippen LogP contribution in [0.4, 0.5) is 17.1 Å². The van der Waals surface area contributed by atoms with Gasteiger partial charge < -0.3 is 9.88 Å². The molecule has 0 unspecified atom stereocenters. The largest absolute Gasteiger partial charge is 0.353 e. The molecule has 0 amide bonds. The molecule has 0 aliphatic heterocycles. The summed E-state index contributed by atoms with van der Waals surface area (Å²) in [5.41, 5.74) is 12.9. The maximum Gasteiger partial charge on any atom is 0.0714 e. The lowest BCUT2D eigenvalue weighted by Gasteiger charge is -2.35. The number of hydrogen-bond donors (Lipinski definition) is 1. The van der Waals surface area contributed by atoms with Crippen LogP contribution in [-0.2, 0) is 5.41 Å². The molecule has 0 saturated heterocycles. The van der Waals surface area contributed by atoms with Crippen molar-refractivity contribution in [1.29, 1.82) is 0 Å². The Kier molecular flexibility index (Phi) is 5.76. The van der Waals surface area contributed by atoms with Gasteiger partial charge in [-0.3, -0.25) is 0 Å². The van der Waals surface area contributed by atoms with Crippen molar-refractivity contribution >= 4 is 38.9 Å². The van der Waals surface area contributed by atoms with Crippen molar-refractivity contribution in [3.8, 4) is 11.1 Å². The van der Waals surface area contributed by atoms with Crippen LogP contribution in [0.5, 0.6) is 0 Å². The van der Waals surface area contributed by atoms with Crippen LogP contribution in [0, 0.1) is 0 Å². The molecule has 7 aromatic carbocycles. The fourth-order valence-corrected chi connectivity index (χ4v) is 7.64. The Morgan fingerprint density at radius 2 is 0.978 bits per heavy atom. The predicted octanol–water partition coefficient (Wildman–Crippen LogP) is 11.2. The van der Waals surface area contributed by atoms with Crippen molar-refractivity contribution in [3.05, 3.63) is 198 Å². The molecule has 212 valence electrons. The summed E-state index contributed by atoms with van der Waals surface area (Å²) < 4.78 is 0. The summed E-state index contributed by atoms with van der Waals surface area (Å²) in [6.07, 6.45) is 0. The minimum Gasteiger partial charge on any atom is -0.353 e. The quantitative estimate of drug-likeness (QED) is 0.217. The number of nitrogens with zero attached hydrogens (tertiary/aromatic N) is 1. The van der Waals surface area contributed by atoms with Crippen LogP contribution in [0.15, 0.2) is 176 Å². The summed E-state index contributed by atoms with van der Waals surface area (Å²) in [6, 6.07) is 63.9. The van der Waals surface area contributed by atoms with Gasteiger partial charge in [-0.05, 0) is 69.8 Å². The van der Waals surface area contributed by atoms with E-state index >= 15 is 0 Å². The molecule has 8 aromatic rings. The summed E-state index contributed by atoms with van der Waals surface area (Å²) in [5.74, 6) is 0. The molecule has 9 rings (SSSR count). The van der Waals surface area contributed by atoms with E-state index in [4.69, 9.17) is 0 Å². The molecule has 0 saturated carbocycles. The van der Waals surface area contributed by atoms with Gasteiger partial charge in [-0.2, -0.15) is 0 Å². The van der Waals surface area contributed by atoms with E-state index in [9.17, 15) is 0 Å². The van der Waals surface area contributed by atoms with Crippen LogP contribution in [0.1, 0.15) is 22.3 Å². The SMILES string of the molecule is c1ccc(N(c2cccc(C3(c4ccccc4)c4ccccc4-c4ccccc43)c2)c2cccc3c2[nH]c2ccccc23)cc1. The number of aromatic amines is 1. The molecule has 0 fully saturated rings. The number of nitrogens with one attached hydrogen (secondary N) is 1. The topological polar surface area (TPSA) is 19.0 Å². The van der Waals surface area contributed by atoms with Crippen molar-refractivity contribution in [3.63, 3.8) is 0 Å². The molecule has 2 heteroatoms. The Labute approximate surface area is 262 Å². The Morgan fingerprint density at radius 3 is 1.73 bits per heavy atom. The molecule has 1 aliphatic rings. The van der Waals surface area contributed by atoms with Gasteiger partial charge in [0, 0.05) is 27.7 Å². The van der Waals surface area contributed by atoms with Crippen molar-refractivity contribution in [2.45, 2.75) is 5.41 Å². The zero-order valence-electron chi connectivity index (χ0n) is 24.7. The van der Waals surface area contributed by atoms with Crippen molar-refractivity contribution in [2.75, 3.05) is 4.90 Å². The van der Waals surface area contributed by atoms with Crippen LogP contribution < -0.4 is 4.90 Å². The van der Waals surface area contributed by atoms with Crippen molar-refractivity contribution in [1.82, 2.24) is 4.98 Å². The molecule has 0 atom stereocenters. The van der Waals surface area contributed by atoms with E-state index in [0.29, 0.717) is 0 Å². The maximum absolute atomic E-state index is 3.75. The van der Waals surface area contributed by atoms with Gasteiger partial charge in [0.15, 0.2) is 0 Å². The number of para-hydroxylation sites is 3. The van der Waals surface area contributed by atoms with Crippen LogP contribution in [0.3, 0.4) is 0 Å². The van der Waals surface area contributed by atoms with Crippen molar-refractivity contribution < 1.29 is 0 Å². The fourth-order valence-electron chi connectivity index (χ4n) is 7.64. The van der Waals surface area contributed by atoms with Gasteiger partial charge in [0.25, 0.3) is 0 Å². The van der Waals surface area contributed by atoms with Crippen LogP contribution in [-0.4, -0.2) is 4.98 Å². The standard InChI is InChI=1S/C43H30N2/c1-3-15-30(16-4-1)43(38-25-10-7-21-34(38)35-22-8-11-26-39(35)43)31-17-13-20-33(29-31)45(32-18-5-2-6-19-32)41-28-14-24-37-36-23-9-12-27-40(36)44-42(37)41/h1-29,44H. The number of aromatic nitrogens is 1. The Morgan fingerprint density at radius 1 is 0.422 bits per heavy atom. The molecule has 0 radical (unpaired) electrons. The highest BCUT2D eigenvalue weighted by molar-refractivity contribution is 6.12. The van der Waals surface area contributed by atoms with E-state index < -0.39 is 5.41 Å². The highest BCUT2D eigenvalue weighted by atomic mass is 15.1. The molecule has 0 bridgehead atoms. The van der Waals surface area contributed by atoms with Crippen molar-refractivity contribution in [2.24, 2.45) is 0 Å². The lowest BCUT2D eigenvalue weighted by Crippen LogP contribution is -2.28. The van der Waals surface area contributed by atoms with E-state index in [1.54, 1.807) is 0 Å². The second kappa shape index (κ2) is 10.1. The third-order valence-corrected chi connectivity index (χ3v) is 9.47. The molecule has 45 heavy (non-hydrogen) atoms. The maximum atomic E-state index is 3.75. The third-order valence-electron chi connectivity index (χ3n) is 9.47. The molecule has 1 heterocycles. The molecule has 1 N–H and O–H groups in total. The summed E-state index contributed by atoms with van der Waals surface area (Å²) in [6.45, 7) is 0. The summed E-state index contributed by atoms with van der Waals surface area (Å²) >= 11 is 0. The molecular weight excluding hydrogens is 544 g/mol. The van der Waals surface area contributed by atoms with Gasteiger partial charge in [-0.15, -0.1) is 0 Å². The zero-order chi connectivity index (χ0) is 29.8. The number of benzene rings is 7. The summed E-state index contributed by atoms with van der Waals surface area (Å²) in [5, 5.41) is 2.46. The average Bonchev–Trinajstić information content (AvgIpc) is 3.64. The minimum absolute atomic E-state index is 0.458. The first-order valence-electron chi connectivity index (χ1n) is 15.5. The first-order valence-corrected chi connectivity index (χ1v) is 15.5. The van der Waals surface area contributed by atoms with E-state index in [1.807, 2.05) is 0 Å². The zero-order valence-corrected chi connectivity index (χ0v) is 24.7. The highest BCUT2D eigenvalue weighted by Gasteiger charge is 2.46. The van der Waals surface area contributed by atoms with Gasteiger partial charge in [-0.25, -0.2) is 0 Å². The first kappa shape index (κ1) is 25.6. The normalized spacial score (nSPS) is 13.1. The Bertz CT molecular complexity index is 2290. The monoisotopic (exact) mass is 574 g/mol. The smallest absolute Gasteiger partial charge is 0.0714 e. The fraction of sp³-hybridized carbons (Fsp3) is 0.0233. The highest BCUT2D eigenvalue weighted by Crippen LogP contribution is 2.56. The Balaban J connectivity index is 1.34. The Hall–Kier alpha value is -5.86. The predicted molar refractivity (Wildman–Crippen MR) is 188 cm³/mol. The molecule has 2 nitrogen and oxygen atoms in total. The second-order valence-electron chi connectivity index (χ2n) is 11.8. The van der Waals surface area contributed by atoms with Gasteiger partial charge in [0.1, 0.15) is 0 Å². The number of H-pyrrole nitrogens is 1. The molecule has 1 aromatic heterocycles. The van der Waals surface area contributed by atoms with Gasteiger partial charge >= 0.3 is 0 Å².